The number of benzene rings is 1. The fraction of sp³-hybridized carbons (Fsp3) is 0.533. The molecule has 1 aliphatic carbocycles. The van der Waals surface area contributed by atoms with E-state index in [1.165, 1.54) is 24.8 Å². The Morgan fingerprint density at radius 2 is 2.05 bits per heavy atom. The summed E-state index contributed by atoms with van der Waals surface area (Å²) in [4.78, 5) is 11.9. The SMILES string of the molecule is Cc1ccc(NCC(=O)NC2CCCCC2)c(Br)c1. The summed E-state index contributed by atoms with van der Waals surface area (Å²) in [7, 11) is 0. The number of amides is 1. The number of hydrogen-bond acceptors (Lipinski definition) is 2. The third-order valence-corrected chi connectivity index (χ3v) is 4.19. The summed E-state index contributed by atoms with van der Waals surface area (Å²) in [6.45, 7) is 2.38. The molecule has 1 amide bonds. The number of rotatable bonds is 4. The average Bonchev–Trinajstić information content (AvgIpc) is 2.39. The van der Waals surface area contributed by atoms with E-state index in [1.54, 1.807) is 0 Å². The average molecular weight is 325 g/mol. The first kappa shape index (κ1) is 14.4. The molecule has 1 aliphatic rings. The van der Waals surface area contributed by atoms with Crippen LogP contribution in [0.4, 0.5) is 5.69 Å². The Hall–Kier alpha value is -1.03. The minimum Gasteiger partial charge on any atom is -0.375 e. The van der Waals surface area contributed by atoms with Gasteiger partial charge >= 0.3 is 0 Å². The minimum atomic E-state index is 0.0828. The normalized spacial score (nSPS) is 16.1. The molecule has 104 valence electrons. The van der Waals surface area contributed by atoms with Crippen molar-refractivity contribution in [3.05, 3.63) is 28.2 Å². The van der Waals surface area contributed by atoms with Crippen molar-refractivity contribution in [3.8, 4) is 0 Å². The standard InChI is InChI=1S/C15H21BrN2O/c1-11-7-8-14(13(16)9-11)17-10-15(19)18-12-5-3-2-4-6-12/h7-9,12,17H,2-6,10H2,1H3,(H,18,19). The lowest BCUT2D eigenvalue weighted by atomic mass is 9.95. The number of hydrogen-bond donors (Lipinski definition) is 2. The van der Waals surface area contributed by atoms with Crippen LogP contribution in [0.15, 0.2) is 22.7 Å². The molecule has 0 aliphatic heterocycles. The zero-order chi connectivity index (χ0) is 13.7. The fourth-order valence-corrected chi connectivity index (χ4v) is 3.10. The van der Waals surface area contributed by atoms with Crippen molar-refractivity contribution in [3.63, 3.8) is 0 Å². The summed E-state index contributed by atoms with van der Waals surface area (Å²) in [6, 6.07) is 6.45. The molecule has 0 heterocycles. The predicted octanol–water partition coefficient (Wildman–Crippen LogP) is 3.62. The van der Waals surface area contributed by atoms with Crippen LogP contribution in [0.3, 0.4) is 0 Å². The maximum absolute atomic E-state index is 11.9. The molecule has 1 fully saturated rings. The third kappa shape index (κ3) is 4.53. The molecule has 2 N–H and O–H groups in total. The summed E-state index contributed by atoms with van der Waals surface area (Å²) in [5, 5.41) is 6.27. The highest BCUT2D eigenvalue weighted by atomic mass is 79.9. The van der Waals surface area contributed by atoms with Crippen LogP contribution in [0.1, 0.15) is 37.7 Å². The molecule has 0 spiro atoms. The minimum absolute atomic E-state index is 0.0828. The highest BCUT2D eigenvalue weighted by Crippen LogP contribution is 2.23. The van der Waals surface area contributed by atoms with E-state index < -0.39 is 0 Å². The Kier molecular flexibility index (Phi) is 5.25. The van der Waals surface area contributed by atoms with Gasteiger partial charge in [-0.25, -0.2) is 0 Å². The van der Waals surface area contributed by atoms with E-state index in [9.17, 15) is 4.79 Å². The van der Waals surface area contributed by atoms with E-state index in [4.69, 9.17) is 0 Å². The summed E-state index contributed by atoms with van der Waals surface area (Å²) in [5.74, 6) is 0.0828. The lowest BCUT2D eigenvalue weighted by molar-refractivity contribution is -0.120. The Bertz CT molecular complexity index is 442. The van der Waals surface area contributed by atoms with Gasteiger partial charge in [0, 0.05) is 16.2 Å². The molecule has 0 atom stereocenters. The van der Waals surface area contributed by atoms with Gasteiger partial charge in [-0.15, -0.1) is 0 Å². The van der Waals surface area contributed by atoms with Gasteiger partial charge in [0.15, 0.2) is 0 Å². The van der Waals surface area contributed by atoms with Crippen molar-refractivity contribution >= 4 is 27.5 Å². The molecular weight excluding hydrogens is 304 g/mol. The molecular formula is C15H21BrN2O. The summed E-state index contributed by atoms with van der Waals surface area (Å²) >= 11 is 3.50. The molecule has 1 saturated carbocycles. The first-order chi connectivity index (χ1) is 9.15. The van der Waals surface area contributed by atoms with Gasteiger partial charge in [0.05, 0.1) is 6.54 Å². The quantitative estimate of drug-likeness (QED) is 0.888. The van der Waals surface area contributed by atoms with Crippen LogP contribution in [0, 0.1) is 6.92 Å². The lowest BCUT2D eigenvalue weighted by Gasteiger charge is -2.23. The van der Waals surface area contributed by atoms with Crippen LogP contribution in [-0.2, 0) is 4.79 Å². The lowest BCUT2D eigenvalue weighted by Crippen LogP contribution is -2.39. The van der Waals surface area contributed by atoms with Gasteiger partial charge in [0.25, 0.3) is 0 Å². The second-order valence-electron chi connectivity index (χ2n) is 5.24. The molecule has 0 aromatic heterocycles. The van der Waals surface area contributed by atoms with Gasteiger partial charge in [0.2, 0.25) is 5.91 Å². The number of nitrogens with one attached hydrogen (secondary N) is 2. The summed E-state index contributed by atoms with van der Waals surface area (Å²) in [6.07, 6.45) is 6.03. The Labute approximate surface area is 123 Å². The van der Waals surface area contributed by atoms with E-state index in [0.717, 1.165) is 23.0 Å². The van der Waals surface area contributed by atoms with Crippen LogP contribution in [0.2, 0.25) is 0 Å². The molecule has 0 radical (unpaired) electrons. The van der Waals surface area contributed by atoms with Crippen LogP contribution in [0.25, 0.3) is 0 Å². The third-order valence-electron chi connectivity index (χ3n) is 3.53. The van der Waals surface area contributed by atoms with Crippen molar-refractivity contribution in [1.82, 2.24) is 5.32 Å². The van der Waals surface area contributed by atoms with Crippen molar-refractivity contribution in [2.75, 3.05) is 11.9 Å². The smallest absolute Gasteiger partial charge is 0.239 e. The molecule has 2 rings (SSSR count). The van der Waals surface area contributed by atoms with Gasteiger partial charge in [0.1, 0.15) is 0 Å². The first-order valence-electron chi connectivity index (χ1n) is 6.94. The van der Waals surface area contributed by atoms with Crippen molar-refractivity contribution in [1.29, 1.82) is 0 Å². The number of carbonyl (C=O) groups is 1. The predicted molar refractivity (Wildman–Crippen MR) is 82.4 cm³/mol. The fourth-order valence-electron chi connectivity index (χ4n) is 2.46. The highest BCUT2D eigenvalue weighted by Gasteiger charge is 2.15. The summed E-state index contributed by atoms with van der Waals surface area (Å²) < 4.78 is 0.998. The molecule has 1 aromatic carbocycles. The van der Waals surface area contributed by atoms with E-state index in [1.807, 2.05) is 25.1 Å². The van der Waals surface area contributed by atoms with Gasteiger partial charge < -0.3 is 10.6 Å². The van der Waals surface area contributed by atoms with Crippen LogP contribution >= 0.6 is 15.9 Å². The Morgan fingerprint density at radius 1 is 1.32 bits per heavy atom. The van der Waals surface area contributed by atoms with Crippen molar-refractivity contribution in [2.45, 2.75) is 45.1 Å². The number of anilines is 1. The highest BCUT2D eigenvalue weighted by molar-refractivity contribution is 9.10. The van der Waals surface area contributed by atoms with E-state index in [-0.39, 0.29) is 5.91 Å². The Morgan fingerprint density at radius 3 is 2.74 bits per heavy atom. The van der Waals surface area contributed by atoms with Crippen LogP contribution < -0.4 is 10.6 Å². The molecule has 19 heavy (non-hydrogen) atoms. The van der Waals surface area contributed by atoms with Crippen LogP contribution in [0.5, 0.6) is 0 Å². The van der Waals surface area contributed by atoms with E-state index in [2.05, 4.69) is 26.6 Å². The molecule has 1 aromatic rings. The van der Waals surface area contributed by atoms with Gasteiger partial charge in [-0.1, -0.05) is 25.3 Å². The largest absolute Gasteiger partial charge is 0.375 e. The van der Waals surface area contributed by atoms with Crippen molar-refractivity contribution in [2.24, 2.45) is 0 Å². The van der Waals surface area contributed by atoms with Crippen LogP contribution in [-0.4, -0.2) is 18.5 Å². The number of halogens is 1. The van der Waals surface area contributed by atoms with Gasteiger partial charge in [-0.05, 0) is 53.4 Å². The van der Waals surface area contributed by atoms with E-state index >= 15 is 0 Å². The first-order valence-corrected chi connectivity index (χ1v) is 7.74. The maximum atomic E-state index is 11.9. The monoisotopic (exact) mass is 324 g/mol. The summed E-state index contributed by atoms with van der Waals surface area (Å²) in [5.41, 5.74) is 2.16. The van der Waals surface area contributed by atoms with Crippen molar-refractivity contribution < 1.29 is 4.79 Å². The zero-order valence-electron chi connectivity index (χ0n) is 11.3. The molecule has 0 unspecified atom stereocenters. The zero-order valence-corrected chi connectivity index (χ0v) is 12.9. The molecule has 3 nitrogen and oxygen atoms in total. The molecule has 4 heteroatoms. The second kappa shape index (κ2) is 6.94. The Balaban J connectivity index is 1.79. The topological polar surface area (TPSA) is 41.1 Å². The maximum Gasteiger partial charge on any atom is 0.239 e. The van der Waals surface area contributed by atoms with Gasteiger partial charge in [-0.3, -0.25) is 4.79 Å². The van der Waals surface area contributed by atoms with Gasteiger partial charge in [-0.2, -0.15) is 0 Å². The van der Waals surface area contributed by atoms with E-state index in [0.29, 0.717) is 12.6 Å². The molecule has 0 saturated heterocycles. The molecule has 0 bridgehead atoms. The second-order valence-corrected chi connectivity index (χ2v) is 6.09. The number of carbonyl (C=O) groups excluding carboxylic acids is 1. The number of aryl methyl sites for hydroxylation is 1.